The molecule has 0 aliphatic carbocycles. The van der Waals surface area contributed by atoms with Gasteiger partial charge in [0.25, 0.3) is 0 Å². The van der Waals surface area contributed by atoms with E-state index < -0.39 is 0 Å². The highest BCUT2D eigenvalue weighted by molar-refractivity contribution is 6.29. The van der Waals surface area contributed by atoms with Gasteiger partial charge in [-0.15, -0.1) is 0 Å². The average Bonchev–Trinajstić information content (AvgIpc) is 2.09. The van der Waals surface area contributed by atoms with Gasteiger partial charge in [0.1, 0.15) is 0 Å². The first kappa shape index (κ1) is 12.5. The molecule has 0 fully saturated rings. The van der Waals surface area contributed by atoms with Crippen molar-refractivity contribution >= 4 is 17.5 Å². The van der Waals surface area contributed by atoms with Gasteiger partial charge in [0.15, 0.2) is 0 Å². The van der Waals surface area contributed by atoms with Gasteiger partial charge < -0.3 is 10.1 Å². The Morgan fingerprint density at radius 3 is 2.85 bits per heavy atom. The molecule has 0 rings (SSSR count). The summed E-state index contributed by atoms with van der Waals surface area (Å²) in [5, 5.41) is 3.08. The largest absolute Gasteiger partial charge is 0.382 e. The summed E-state index contributed by atoms with van der Waals surface area (Å²) in [4.78, 5) is 11.0. The molecule has 3 nitrogen and oxygen atoms in total. The van der Waals surface area contributed by atoms with Crippen LogP contribution in [-0.2, 0) is 9.53 Å². The number of ether oxygens (including phenoxy) is 1. The summed E-state index contributed by atoms with van der Waals surface area (Å²) in [7, 11) is 0. The van der Waals surface area contributed by atoms with E-state index in [9.17, 15) is 4.79 Å². The fourth-order valence-corrected chi connectivity index (χ4v) is 0.829. The summed E-state index contributed by atoms with van der Waals surface area (Å²) >= 11 is 5.47. The van der Waals surface area contributed by atoms with Crippen molar-refractivity contribution in [2.75, 3.05) is 19.8 Å². The Kier molecular flexibility index (Phi) is 7.74. The summed E-state index contributed by atoms with van der Waals surface area (Å²) in [5.74, 6) is -0.0125. The van der Waals surface area contributed by atoms with E-state index in [0.717, 1.165) is 6.42 Å². The molecule has 0 radical (unpaired) electrons. The van der Waals surface area contributed by atoms with Gasteiger partial charge in [-0.2, -0.15) is 0 Å². The van der Waals surface area contributed by atoms with Crippen LogP contribution in [0.15, 0.2) is 11.6 Å². The molecule has 0 aromatic heterocycles. The van der Waals surface area contributed by atoms with E-state index >= 15 is 0 Å². The molecular formula is C9H16ClNO2. The Morgan fingerprint density at radius 2 is 2.31 bits per heavy atom. The van der Waals surface area contributed by atoms with E-state index in [2.05, 4.69) is 11.9 Å². The van der Waals surface area contributed by atoms with Crippen LogP contribution in [0.2, 0.25) is 0 Å². The molecule has 13 heavy (non-hydrogen) atoms. The third-order valence-electron chi connectivity index (χ3n) is 1.37. The number of amides is 1. The summed E-state index contributed by atoms with van der Waals surface area (Å²) in [6.07, 6.45) is 1.22. The molecule has 0 aliphatic rings. The molecular weight excluding hydrogens is 190 g/mol. The zero-order valence-corrected chi connectivity index (χ0v) is 8.69. The lowest BCUT2D eigenvalue weighted by atomic mass is 10.3. The molecule has 0 bridgehead atoms. The Labute approximate surface area is 84.1 Å². The Hall–Kier alpha value is -0.540. The van der Waals surface area contributed by atoms with Crippen LogP contribution in [-0.4, -0.2) is 25.7 Å². The van der Waals surface area contributed by atoms with Crippen molar-refractivity contribution in [3.05, 3.63) is 11.6 Å². The molecule has 0 aromatic rings. The maximum Gasteiger partial charge on any atom is 0.220 e. The molecule has 1 amide bonds. The standard InChI is InChI=1S/C9H16ClNO2/c1-3-13-6-4-5-9(12)11-7-8(2)10/h2-7H2,1H3,(H,11,12). The number of carbonyl (C=O) groups is 1. The highest BCUT2D eigenvalue weighted by Crippen LogP contribution is 1.94. The molecule has 4 heteroatoms. The van der Waals surface area contributed by atoms with E-state index in [1.807, 2.05) is 6.92 Å². The second-order valence-corrected chi connectivity index (χ2v) is 3.13. The van der Waals surface area contributed by atoms with Crippen LogP contribution in [0.25, 0.3) is 0 Å². The quantitative estimate of drug-likeness (QED) is 0.643. The number of nitrogens with one attached hydrogen (secondary N) is 1. The second kappa shape index (κ2) is 8.08. The van der Waals surface area contributed by atoms with E-state index in [4.69, 9.17) is 16.3 Å². The number of hydrogen-bond acceptors (Lipinski definition) is 2. The maximum atomic E-state index is 11.0. The van der Waals surface area contributed by atoms with E-state index in [1.165, 1.54) is 0 Å². The molecule has 0 saturated carbocycles. The van der Waals surface area contributed by atoms with Crippen molar-refractivity contribution in [1.29, 1.82) is 0 Å². The molecule has 0 aromatic carbocycles. The predicted molar refractivity (Wildman–Crippen MR) is 53.7 cm³/mol. The molecule has 76 valence electrons. The monoisotopic (exact) mass is 205 g/mol. The third kappa shape index (κ3) is 9.37. The Balaban J connectivity index is 3.25. The van der Waals surface area contributed by atoms with E-state index in [0.29, 0.717) is 31.2 Å². The normalized spacial score (nSPS) is 9.69. The molecule has 0 atom stereocenters. The molecule has 0 unspecified atom stereocenters. The second-order valence-electron chi connectivity index (χ2n) is 2.59. The summed E-state index contributed by atoms with van der Waals surface area (Å²) in [6.45, 7) is 7.06. The van der Waals surface area contributed by atoms with Gasteiger partial charge in [-0.05, 0) is 13.3 Å². The lowest BCUT2D eigenvalue weighted by Crippen LogP contribution is -2.24. The SMILES string of the molecule is C=C(Cl)CNC(=O)CCCOCC. The van der Waals surface area contributed by atoms with Gasteiger partial charge in [-0.3, -0.25) is 4.79 Å². The molecule has 1 N–H and O–H groups in total. The zero-order valence-electron chi connectivity index (χ0n) is 7.94. The topological polar surface area (TPSA) is 38.3 Å². The van der Waals surface area contributed by atoms with Crippen LogP contribution in [0, 0.1) is 0 Å². The van der Waals surface area contributed by atoms with Gasteiger partial charge >= 0.3 is 0 Å². The molecule has 0 heterocycles. The fraction of sp³-hybridized carbons (Fsp3) is 0.667. The van der Waals surface area contributed by atoms with Crippen LogP contribution in [0.5, 0.6) is 0 Å². The van der Waals surface area contributed by atoms with Crippen molar-refractivity contribution < 1.29 is 9.53 Å². The van der Waals surface area contributed by atoms with Crippen molar-refractivity contribution in [3.8, 4) is 0 Å². The number of hydrogen-bond donors (Lipinski definition) is 1. The zero-order chi connectivity index (χ0) is 10.1. The van der Waals surface area contributed by atoms with Crippen molar-refractivity contribution in [2.24, 2.45) is 0 Å². The fourth-order valence-electron chi connectivity index (χ4n) is 0.762. The summed E-state index contributed by atoms with van der Waals surface area (Å²) in [6, 6.07) is 0. The van der Waals surface area contributed by atoms with Crippen LogP contribution in [0.1, 0.15) is 19.8 Å². The number of carbonyl (C=O) groups excluding carboxylic acids is 1. The minimum absolute atomic E-state index is 0.0125. The average molecular weight is 206 g/mol. The summed E-state index contributed by atoms with van der Waals surface area (Å²) in [5.41, 5.74) is 0. The lowest BCUT2D eigenvalue weighted by molar-refractivity contribution is -0.121. The van der Waals surface area contributed by atoms with Crippen molar-refractivity contribution in [3.63, 3.8) is 0 Å². The van der Waals surface area contributed by atoms with Crippen LogP contribution < -0.4 is 5.32 Å². The van der Waals surface area contributed by atoms with E-state index in [-0.39, 0.29) is 5.91 Å². The molecule has 0 aliphatic heterocycles. The number of rotatable bonds is 7. The van der Waals surface area contributed by atoms with Gasteiger partial charge in [0, 0.05) is 24.7 Å². The minimum Gasteiger partial charge on any atom is -0.382 e. The smallest absolute Gasteiger partial charge is 0.220 e. The minimum atomic E-state index is -0.0125. The van der Waals surface area contributed by atoms with Gasteiger partial charge in [-0.25, -0.2) is 0 Å². The highest BCUT2D eigenvalue weighted by Gasteiger charge is 1.99. The van der Waals surface area contributed by atoms with Crippen molar-refractivity contribution in [2.45, 2.75) is 19.8 Å². The maximum absolute atomic E-state index is 11.0. The van der Waals surface area contributed by atoms with Crippen LogP contribution in [0.3, 0.4) is 0 Å². The lowest BCUT2D eigenvalue weighted by Gasteiger charge is -2.03. The van der Waals surface area contributed by atoms with Gasteiger partial charge in [0.2, 0.25) is 5.91 Å². The van der Waals surface area contributed by atoms with E-state index in [1.54, 1.807) is 0 Å². The molecule has 0 spiro atoms. The van der Waals surface area contributed by atoms with Crippen LogP contribution in [0.4, 0.5) is 0 Å². The predicted octanol–water partition coefficient (Wildman–Crippen LogP) is 1.67. The first-order valence-corrected chi connectivity index (χ1v) is 4.72. The van der Waals surface area contributed by atoms with Gasteiger partial charge in [0.05, 0.1) is 6.54 Å². The molecule has 0 saturated heterocycles. The third-order valence-corrected chi connectivity index (χ3v) is 1.51. The number of halogens is 1. The Bertz CT molecular complexity index is 171. The Morgan fingerprint density at radius 1 is 1.62 bits per heavy atom. The first-order chi connectivity index (χ1) is 6.16. The summed E-state index contributed by atoms with van der Waals surface area (Å²) < 4.78 is 5.09. The van der Waals surface area contributed by atoms with Gasteiger partial charge in [-0.1, -0.05) is 18.2 Å². The first-order valence-electron chi connectivity index (χ1n) is 4.34. The van der Waals surface area contributed by atoms with Crippen LogP contribution >= 0.6 is 11.6 Å². The highest BCUT2D eigenvalue weighted by atomic mass is 35.5. The van der Waals surface area contributed by atoms with Crippen molar-refractivity contribution in [1.82, 2.24) is 5.32 Å².